The lowest BCUT2D eigenvalue weighted by molar-refractivity contribution is 0.444. The van der Waals surface area contributed by atoms with E-state index in [1.54, 1.807) is 0 Å². The highest BCUT2D eigenvalue weighted by atomic mass is 16.5. The molecule has 0 unspecified atom stereocenters. The van der Waals surface area contributed by atoms with Crippen molar-refractivity contribution in [3.8, 4) is 28.7 Å². The molecule has 10 rings (SSSR count). The van der Waals surface area contributed by atoms with Crippen LogP contribution in [0, 0.1) is 0 Å². The first-order chi connectivity index (χ1) is 20.3. The predicted molar refractivity (Wildman–Crippen MR) is 163 cm³/mol. The van der Waals surface area contributed by atoms with E-state index in [0.29, 0.717) is 0 Å². The smallest absolute Gasteiger partial charge is 0.155 e. The first-order valence-corrected chi connectivity index (χ1v) is 13.7. The van der Waals surface area contributed by atoms with Gasteiger partial charge in [-0.05, 0) is 54.6 Å². The molecule has 4 heterocycles. The van der Waals surface area contributed by atoms with Gasteiger partial charge in [-0.15, -0.1) is 0 Å². The van der Waals surface area contributed by atoms with Crippen molar-refractivity contribution in [2.45, 2.75) is 0 Å². The van der Waals surface area contributed by atoms with Crippen LogP contribution in [0.5, 0.6) is 23.0 Å². The second-order valence-corrected chi connectivity index (χ2v) is 10.6. The number of nitrogens with zero attached hydrogens (tertiary/aromatic N) is 2. The van der Waals surface area contributed by atoms with Crippen molar-refractivity contribution in [1.82, 2.24) is 4.57 Å². The largest absolute Gasteiger partial charge is 0.456 e. The summed E-state index contributed by atoms with van der Waals surface area (Å²) in [7, 11) is 0. The molecule has 41 heavy (non-hydrogen) atoms. The Kier molecular flexibility index (Phi) is 3.87. The normalized spacial score (nSPS) is 12.8. The molecule has 0 saturated carbocycles. The zero-order chi connectivity index (χ0) is 26.7. The van der Waals surface area contributed by atoms with Crippen LogP contribution >= 0.6 is 0 Å². The van der Waals surface area contributed by atoms with E-state index in [0.717, 1.165) is 89.5 Å². The van der Waals surface area contributed by atoms with Crippen LogP contribution in [0.2, 0.25) is 0 Å². The molecule has 0 amide bonds. The highest BCUT2D eigenvalue weighted by Crippen LogP contribution is 2.55. The maximum atomic E-state index is 6.65. The number of ether oxygens (including phenoxy) is 2. The fourth-order valence-corrected chi connectivity index (χ4v) is 6.70. The molecule has 0 saturated heterocycles. The summed E-state index contributed by atoms with van der Waals surface area (Å²) in [6.45, 7) is 0. The third-order valence-corrected chi connectivity index (χ3v) is 8.32. The van der Waals surface area contributed by atoms with Crippen molar-refractivity contribution in [3.63, 3.8) is 0 Å². The molecule has 5 nitrogen and oxygen atoms in total. The molecule has 2 aromatic heterocycles. The molecule has 2 aliphatic rings. The van der Waals surface area contributed by atoms with Crippen molar-refractivity contribution in [3.05, 3.63) is 121 Å². The van der Waals surface area contributed by atoms with Crippen molar-refractivity contribution >= 4 is 60.8 Å². The quantitative estimate of drug-likeness (QED) is 0.229. The van der Waals surface area contributed by atoms with E-state index in [1.165, 1.54) is 0 Å². The standard InChI is InChI=1S/C36H20N2O3/c1-2-9-21(10-3-1)37(26-13-7-15-28-33(26)24-11-4-5-14-27(24)39-28)22-19-25-23-12-6-16-29-34(23)38-35(25)32(20-22)41-31-18-8-17-30(40-29)36(31)38/h1-20H. The van der Waals surface area contributed by atoms with Crippen LogP contribution in [0.25, 0.3) is 49.4 Å². The summed E-state index contributed by atoms with van der Waals surface area (Å²) in [5.41, 5.74) is 7.90. The molecule has 8 aromatic rings. The Morgan fingerprint density at radius 1 is 0.488 bits per heavy atom. The molecule has 192 valence electrons. The molecule has 0 radical (unpaired) electrons. The van der Waals surface area contributed by atoms with Gasteiger partial charge in [-0.1, -0.05) is 60.7 Å². The zero-order valence-electron chi connectivity index (χ0n) is 21.7. The molecular weight excluding hydrogens is 508 g/mol. The zero-order valence-corrected chi connectivity index (χ0v) is 21.7. The monoisotopic (exact) mass is 528 g/mol. The highest BCUT2D eigenvalue weighted by molar-refractivity contribution is 6.17. The van der Waals surface area contributed by atoms with Gasteiger partial charge in [0.05, 0.1) is 27.8 Å². The van der Waals surface area contributed by atoms with Gasteiger partial charge in [0.15, 0.2) is 23.0 Å². The van der Waals surface area contributed by atoms with E-state index in [9.17, 15) is 0 Å². The Balaban J connectivity index is 1.33. The van der Waals surface area contributed by atoms with E-state index in [2.05, 4.69) is 82.3 Å². The summed E-state index contributed by atoms with van der Waals surface area (Å²) in [5, 5.41) is 4.41. The number of hydrogen-bond donors (Lipinski definition) is 0. The number of fused-ring (bicyclic) bond motifs is 4. The predicted octanol–water partition coefficient (Wildman–Crippen LogP) is 10.4. The fraction of sp³-hybridized carbons (Fsp3) is 0. The summed E-state index contributed by atoms with van der Waals surface area (Å²) in [4.78, 5) is 2.30. The molecule has 0 bridgehead atoms. The number of aromatic nitrogens is 1. The van der Waals surface area contributed by atoms with Gasteiger partial charge in [0.25, 0.3) is 0 Å². The summed E-state index contributed by atoms with van der Waals surface area (Å²) < 4.78 is 21.6. The number of benzene rings is 6. The van der Waals surface area contributed by atoms with Crippen molar-refractivity contribution in [1.29, 1.82) is 0 Å². The Hall–Kier alpha value is -5.68. The number of anilines is 3. The van der Waals surface area contributed by atoms with Crippen LogP contribution in [0.4, 0.5) is 17.1 Å². The number of para-hydroxylation sites is 4. The topological polar surface area (TPSA) is 39.8 Å². The Morgan fingerprint density at radius 2 is 1.17 bits per heavy atom. The van der Waals surface area contributed by atoms with Crippen LogP contribution in [0.1, 0.15) is 0 Å². The molecule has 0 N–H and O–H groups in total. The van der Waals surface area contributed by atoms with Gasteiger partial charge in [-0.2, -0.15) is 0 Å². The first kappa shape index (κ1) is 21.2. The van der Waals surface area contributed by atoms with Crippen molar-refractivity contribution in [2.75, 3.05) is 4.90 Å². The Bertz CT molecular complexity index is 2380. The fourth-order valence-electron chi connectivity index (χ4n) is 6.70. The summed E-state index contributed by atoms with van der Waals surface area (Å²) in [6.07, 6.45) is 0. The van der Waals surface area contributed by atoms with Gasteiger partial charge in [-0.3, -0.25) is 4.57 Å². The van der Waals surface area contributed by atoms with Crippen molar-refractivity contribution < 1.29 is 13.9 Å². The molecule has 0 aliphatic carbocycles. The SMILES string of the molecule is c1ccc(N(c2cc3c4c(c2)c2cccc5c2n4-c2c(cccc2O3)O5)c2cccc3oc4ccccc4c23)cc1. The van der Waals surface area contributed by atoms with Crippen LogP contribution in [-0.4, -0.2) is 4.57 Å². The lowest BCUT2D eigenvalue weighted by Crippen LogP contribution is -2.12. The molecule has 5 heteroatoms. The van der Waals surface area contributed by atoms with Crippen LogP contribution in [0.15, 0.2) is 126 Å². The minimum absolute atomic E-state index is 0.787. The molecule has 6 aromatic carbocycles. The van der Waals surface area contributed by atoms with Gasteiger partial charge in [-0.25, -0.2) is 0 Å². The minimum Gasteiger partial charge on any atom is -0.456 e. The third kappa shape index (κ3) is 2.70. The average Bonchev–Trinajstić information content (AvgIpc) is 3.56. The third-order valence-electron chi connectivity index (χ3n) is 8.32. The second-order valence-electron chi connectivity index (χ2n) is 10.6. The van der Waals surface area contributed by atoms with Crippen LogP contribution in [0.3, 0.4) is 0 Å². The lowest BCUT2D eigenvalue weighted by atomic mass is 10.1. The summed E-state index contributed by atoms with van der Waals surface area (Å²) >= 11 is 0. The molecular formula is C36H20N2O3. The second kappa shape index (κ2) is 7.49. The summed E-state index contributed by atoms with van der Waals surface area (Å²) in [6, 6.07) is 41.7. The van der Waals surface area contributed by atoms with Gasteiger partial charge in [0.2, 0.25) is 0 Å². The van der Waals surface area contributed by atoms with E-state index in [1.807, 2.05) is 48.5 Å². The van der Waals surface area contributed by atoms with Gasteiger partial charge in [0, 0.05) is 27.9 Å². The minimum atomic E-state index is 0.787. The average molecular weight is 529 g/mol. The molecule has 0 atom stereocenters. The maximum Gasteiger partial charge on any atom is 0.155 e. The van der Waals surface area contributed by atoms with E-state index >= 15 is 0 Å². The van der Waals surface area contributed by atoms with Gasteiger partial charge >= 0.3 is 0 Å². The van der Waals surface area contributed by atoms with Crippen molar-refractivity contribution in [2.24, 2.45) is 0 Å². The molecule has 2 aliphatic heterocycles. The number of furan rings is 1. The van der Waals surface area contributed by atoms with Gasteiger partial charge < -0.3 is 18.8 Å². The van der Waals surface area contributed by atoms with Crippen LogP contribution in [-0.2, 0) is 0 Å². The number of hydrogen-bond acceptors (Lipinski definition) is 4. The summed E-state index contributed by atoms with van der Waals surface area (Å²) in [5.74, 6) is 3.26. The maximum absolute atomic E-state index is 6.65. The highest BCUT2D eigenvalue weighted by Gasteiger charge is 2.33. The lowest BCUT2D eigenvalue weighted by Gasteiger charge is -2.29. The van der Waals surface area contributed by atoms with Crippen LogP contribution < -0.4 is 14.4 Å². The number of rotatable bonds is 3. The van der Waals surface area contributed by atoms with Gasteiger partial charge in [0.1, 0.15) is 16.9 Å². The Morgan fingerprint density at radius 3 is 2.07 bits per heavy atom. The molecule has 0 spiro atoms. The van der Waals surface area contributed by atoms with E-state index < -0.39 is 0 Å². The van der Waals surface area contributed by atoms with E-state index in [-0.39, 0.29) is 0 Å². The Labute approximate surface area is 234 Å². The molecule has 0 fully saturated rings. The first-order valence-electron chi connectivity index (χ1n) is 13.7. The van der Waals surface area contributed by atoms with E-state index in [4.69, 9.17) is 13.9 Å².